The molecule has 0 amide bonds. The van der Waals surface area contributed by atoms with E-state index >= 15 is 0 Å². The van der Waals surface area contributed by atoms with Crippen molar-refractivity contribution in [2.75, 3.05) is 13.2 Å². The van der Waals surface area contributed by atoms with Gasteiger partial charge in [0.05, 0.1) is 6.61 Å². The number of carbonyl (C=O) groups is 1. The number of hydrogen-bond acceptors (Lipinski definition) is 3. The van der Waals surface area contributed by atoms with E-state index in [0.29, 0.717) is 18.8 Å². The molecule has 3 nitrogen and oxygen atoms in total. The molecule has 0 aliphatic rings. The second-order valence-corrected chi connectivity index (χ2v) is 7.65. The summed E-state index contributed by atoms with van der Waals surface area (Å²) in [4.78, 5) is 11.2. The van der Waals surface area contributed by atoms with Gasteiger partial charge in [0.1, 0.15) is 0 Å². The molecule has 0 rings (SSSR count). The van der Waals surface area contributed by atoms with E-state index in [-0.39, 0.29) is 5.97 Å². The molecule has 0 aliphatic carbocycles. The van der Waals surface area contributed by atoms with E-state index in [1.54, 1.807) is 6.92 Å². The molecule has 0 aromatic carbocycles. The van der Waals surface area contributed by atoms with Crippen LogP contribution in [-0.4, -0.2) is 24.3 Å². The van der Waals surface area contributed by atoms with E-state index in [1.807, 2.05) is 0 Å². The summed E-state index contributed by atoms with van der Waals surface area (Å²) in [6.07, 6.45) is 22.0. The molecule has 0 aliphatic heterocycles. The molecule has 154 valence electrons. The zero-order valence-electron chi connectivity index (χ0n) is 17.4. The van der Waals surface area contributed by atoms with Crippen molar-refractivity contribution in [2.45, 2.75) is 116 Å². The molecule has 0 atom stereocenters. The Morgan fingerprint density at radius 1 is 0.654 bits per heavy atom. The summed E-state index contributed by atoms with van der Waals surface area (Å²) in [5, 5.41) is 8.72. The Labute approximate surface area is 162 Å². The van der Waals surface area contributed by atoms with Crippen molar-refractivity contribution in [3.8, 4) is 0 Å². The van der Waals surface area contributed by atoms with Crippen molar-refractivity contribution >= 4 is 5.97 Å². The lowest BCUT2D eigenvalue weighted by Gasteiger charge is -2.05. The Balaban J connectivity index is 3.05. The summed E-state index contributed by atoms with van der Waals surface area (Å²) >= 11 is 0. The van der Waals surface area contributed by atoms with Crippen LogP contribution in [0.3, 0.4) is 0 Å². The lowest BCUT2D eigenvalue weighted by atomic mass is 10.0. The molecule has 0 bridgehead atoms. The van der Waals surface area contributed by atoms with Crippen molar-refractivity contribution < 1.29 is 14.6 Å². The maximum atomic E-state index is 11.2. The zero-order valence-corrected chi connectivity index (χ0v) is 17.4. The summed E-state index contributed by atoms with van der Waals surface area (Å²) in [6, 6.07) is 0. The van der Waals surface area contributed by atoms with Crippen molar-refractivity contribution in [2.24, 2.45) is 0 Å². The third-order valence-electron chi connectivity index (χ3n) is 4.88. The van der Waals surface area contributed by atoms with Crippen LogP contribution in [0.4, 0.5) is 0 Å². The fourth-order valence-corrected chi connectivity index (χ4v) is 3.15. The Bertz CT molecular complexity index is 325. The fourth-order valence-electron chi connectivity index (χ4n) is 3.15. The largest absolute Gasteiger partial charge is 0.462 e. The zero-order chi connectivity index (χ0) is 19.3. The third kappa shape index (κ3) is 19.5. The van der Waals surface area contributed by atoms with E-state index in [2.05, 4.69) is 6.58 Å². The number of unbranched alkanes of at least 4 members (excludes halogenated alkanes) is 16. The summed E-state index contributed by atoms with van der Waals surface area (Å²) in [6.45, 7) is 6.15. The van der Waals surface area contributed by atoms with Crippen molar-refractivity contribution in [1.29, 1.82) is 0 Å². The molecule has 0 aromatic heterocycles. The number of rotatable bonds is 20. The van der Waals surface area contributed by atoms with Crippen LogP contribution in [0.1, 0.15) is 116 Å². The highest BCUT2D eigenvalue weighted by Gasteiger charge is 2.01. The van der Waals surface area contributed by atoms with Crippen molar-refractivity contribution in [1.82, 2.24) is 0 Å². The smallest absolute Gasteiger partial charge is 0.333 e. The van der Waals surface area contributed by atoms with Gasteiger partial charge in [-0.2, -0.15) is 0 Å². The van der Waals surface area contributed by atoms with Gasteiger partial charge in [0.15, 0.2) is 0 Å². The predicted octanol–water partition coefficient (Wildman–Crippen LogP) is 6.73. The Morgan fingerprint density at radius 3 is 1.27 bits per heavy atom. The molecule has 0 saturated carbocycles. The Hall–Kier alpha value is -0.830. The highest BCUT2D eigenvalue weighted by Crippen LogP contribution is 2.14. The first kappa shape index (κ1) is 25.2. The van der Waals surface area contributed by atoms with Crippen LogP contribution >= 0.6 is 0 Å². The summed E-state index contributed by atoms with van der Waals surface area (Å²) < 4.78 is 5.08. The molecule has 0 heterocycles. The molecule has 0 aromatic rings. The minimum Gasteiger partial charge on any atom is -0.462 e. The first-order valence-electron chi connectivity index (χ1n) is 11.1. The van der Waals surface area contributed by atoms with Crippen LogP contribution in [0.15, 0.2) is 12.2 Å². The highest BCUT2D eigenvalue weighted by atomic mass is 16.5. The van der Waals surface area contributed by atoms with Crippen LogP contribution in [0.25, 0.3) is 0 Å². The summed E-state index contributed by atoms with van der Waals surface area (Å²) in [7, 11) is 0. The van der Waals surface area contributed by atoms with Gasteiger partial charge >= 0.3 is 5.97 Å². The van der Waals surface area contributed by atoms with Crippen molar-refractivity contribution in [3.05, 3.63) is 12.2 Å². The summed E-state index contributed by atoms with van der Waals surface area (Å²) in [5.74, 6) is -0.261. The Kier molecular flexibility index (Phi) is 19.8. The van der Waals surface area contributed by atoms with Gasteiger partial charge in [-0.05, 0) is 19.8 Å². The van der Waals surface area contributed by atoms with Gasteiger partial charge in [0.2, 0.25) is 0 Å². The van der Waals surface area contributed by atoms with Crippen LogP contribution in [-0.2, 0) is 9.53 Å². The molecule has 0 spiro atoms. The van der Waals surface area contributed by atoms with E-state index in [0.717, 1.165) is 19.3 Å². The Morgan fingerprint density at radius 2 is 0.962 bits per heavy atom. The van der Waals surface area contributed by atoms with Crippen LogP contribution < -0.4 is 0 Å². The lowest BCUT2D eigenvalue weighted by molar-refractivity contribution is -0.139. The minimum atomic E-state index is -0.261. The SMILES string of the molecule is C=C(C)C(=O)OCCCCCCCCCCCCCCCCCCCO. The van der Waals surface area contributed by atoms with Crippen LogP contribution in [0.5, 0.6) is 0 Å². The first-order chi connectivity index (χ1) is 12.7. The fraction of sp³-hybridized carbons (Fsp3) is 0.870. The molecule has 0 radical (unpaired) electrons. The summed E-state index contributed by atoms with van der Waals surface area (Å²) in [5.41, 5.74) is 0.485. The van der Waals surface area contributed by atoms with Gasteiger partial charge in [0.25, 0.3) is 0 Å². The average molecular weight is 369 g/mol. The van der Waals surface area contributed by atoms with Crippen molar-refractivity contribution in [3.63, 3.8) is 0 Å². The number of hydrogen-bond donors (Lipinski definition) is 1. The van der Waals surface area contributed by atoms with Crippen LogP contribution in [0, 0.1) is 0 Å². The van der Waals surface area contributed by atoms with Crippen LogP contribution in [0.2, 0.25) is 0 Å². The first-order valence-corrected chi connectivity index (χ1v) is 11.1. The molecule has 3 heteroatoms. The van der Waals surface area contributed by atoms with Gasteiger partial charge in [-0.15, -0.1) is 0 Å². The van der Waals surface area contributed by atoms with Gasteiger partial charge < -0.3 is 9.84 Å². The maximum Gasteiger partial charge on any atom is 0.333 e. The highest BCUT2D eigenvalue weighted by molar-refractivity contribution is 5.86. The lowest BCUT2D eigenvalue weighted by Crippen LogP contribution is -2.05. The van der Waals surface area contributed by atoms with E-state index in [9.17, 15) is 4.79 Å². The predicted molar refractivity (Wildman–Crippen MR) is 111 cm³/mol. The van der Waals surface area contributed by atoms with Gasteiger partial charge in [-0.1, -0.05) is 103 Å². The number of aliphatic hydroxyl groups excluding tert-OH is 1. The van der Waals surface area contributed by atoms with E-state index < -0.39 is 0 Å². The second kappa shape index (κ2) is 20.5. The average Bonchev–Trinajstić information content (AvgIpc) is 2.63. The molecular weight excluding hydrogens is 324 g/mol. The topological polar surface area (TPSA) is 46.5 Å². The molecule has 0 saturated heterocycles. The molecule has 1 N–H and O–H groups in total. The monoisotopic (exact) mass is 368 g/mol. The molecule has 26 heavy (non-hydrogen) atoms. The number of carbonyl (C=O) groups excluding carboxylic acids is 1. The quantitative estimate of drug-likeness (QED) is 0.147. The maximum absolute atomic E-state index is 11.2. The van der Waals surface area contributed by atoms with Gasteiger partial charge in [-0.25, -0.2) is 4.79 Å². The van der Waals surface area contributed by atoms with E-state index in [1.165, 1.54) is 89.9 Å². The third-order valence-corrected chi connectivity index (χ3v) is 4.88. The molecule has 0 unspecified atom stereocenters. The number of ether oxygens (including phenoxy) is 1. The second-order valence-electron chi connectivity index (χ2n) is 7.65. The van der Waals surface area contributed by atoms with Gasteiger partial charge in [0, 0.05) is 12.2 Å². The minimum absolute atomic E-state index is 0.261. The molecule has 0 fully saturated rings. The molecular formula is C23H44O3. The van der Waals surface area contributed by atoms with E-state index in [4.69, 9.17) is 9.84 Å². The number of aliphatic hydroxyl groups is 1. The number of esters is 1. The normalized spacial score (nSPS) is 10.8. The van der Waals surface area contributed by atoms with Gasteiger partial charge in [-0.3, -0.25) is 0 Å². The standard InChI is InChI=1S/C23H44O3/c1-22(2)23(25)26-21-19-17-15-13-11-9-7-5-3-4-6-8-10-12-14-16-18-20-24/h24H,1,3-21H2,2H3.